The summed E-state index contributed by atoms with van der Waals surface area (Å²) in [4.78, 5) is 9.02. The lowest BCUT2D eigenvalue weighted by molar-refractivity contribution is -0.141. The maximum Gasteiger partial charge on any atom is 0.433 e. The zero-order valence-corrected chi connectivity index (χ0v) is 19.5. The summed E-state index contributed by atoms with van der Waals surface area (Å²) in [6.07, 6.45) is -2.65. The van der Waals surface area contributed by atoms with E-state index in [0.717, 1.165) is 34.9 Å². The number of para-hydroxylation sites is 1. The third-order valence-corrected chi connectivity index (χ3v) is 5.95. The summed E-state index contributed by atoms with van der Waals surface area (Å²) in [5.41, 5.74) is -0.211. The van der Waals surface area contributed by atoms with Crippen LogP contribution in [0.25, 0.3) is 10.7 Å². The summed E-state index contributed by atoms with van der Waals surface area (Å²) in [5, 5.41) is 0. The minimum Gasteiger partial charge on any atom is -0.488 e. The third kappa shape index (κ3) is 6.35. The molecule has 0 saturated heterocycles. The van der Waals surface area contributed by atoms with Crippen LogP contribution < -0.4 is 9.47 Å². The minimum atomic E-state index is -4.50. The van der Waals surface area contributed by atoms with Gasteiger partial charge in [-0.2, -0.15) is 13.2 Å². The first-order valence-electron chi connectivity index (χ1n) is 10.6. The van der Waals surface area contributed by atoms with Gasteiger partial charge >= 0.3 is 6.18 Å². The maximum absolute atomic E-state index is 12.9. The lowest BCUT2D eigenvalue weighted by atomic mass is 9.98. The van der Waals surface area contributed by atoms with E-state index in [-0.39, 0.29) is 11.4 Å². The molecule has 2 aromatic carbocycles. The van der Waals surface area contributed by atoms with Gasteiger partial charge in [0.2, 0.25) is 0 Å². The van der Waals surface area contributed by atoms with Crippen molar-refractivity contribution in [3.05, 3.63) is 95.1 Å². The predicted octanol–water partition coefficient (Wildman–Crippen LogP) is 7.20. The first kappa shape index (κ1) is 23.8. The molecule has 4 rings (SSSR count). The highest BCUT2D eigenvalue weighted by Crippen LogP contribution is 2.31. The number of thiophene rings is 1. The number of aromatic nitrogens is 2. The van der Waals surface area contributed by atoms with Gasteiger partial charge in [0.05, 0.1) is 4.88 Å². The van der Waals surface area contributed by atoms with Gasteiger partial charge in [-0.05, 0) is 61.9 Å². The van der Waals surface area contributed by atoms with E-state index < -0.39 is 11.9 Å². The summed E-state index contributed by atoms with van der Waals surface area (Å²) < 4.78 is 50.7. The van der Waals surface area contributed by atoms with Crippen molar-refractivity contribution in [1.82, 2.24) is 9.97 Å². The van der Waals surface area contributed by atoms with Gasteiger partial charge in [0.25, 0.3) is 0 Å². The second kappa shape index (κ2) is 9.85. The molecule has 0 fully saturated rings. The molecule has 34 heavy (non-hydrogen) atoms. The van der Waals surface area contributed by atoms with Crippen LogP contribution in [0, 0.1) is 0 Å². The van der Waals surface area contributed by atoms with Crippen molar-refractivity contribution in [2.45, 2.75) is 38.7 Å². The number of rotatable bonds is 8. The quantitative estimate of drug-likeness (QED) is 0.265. The number of alkyl halides is 3. The Bertz CT molecular complexity index is 1220. The standard InChI is InChI=1S/C26H23F3N2O2S/c1-25(2,33-20-6-4-3-5-7-20)16-18-8-10-19(11-9-18)32-17-21-12-13-22(34-21)24-30-15-14-23(31-24)26(27,28)29/h3-15H,16-17H2,1-2H3. The molecule has 176 valence electrons. The first-order valence-corrected chi connectivity index (χ1v) is 11.4. The number of ether oxygens (including phenoxy) is 2. The van der Waals surface area contributed by atoms with E-state index in [2.05, 4.69) is 9.97 Å². The monoisotopic (exact) mass is 484 g/mol. The lowest BCUT2D eigenvalue weighted by Crippen LogP contribution is -2.30. The van der Waals surface area contributed by atoms with Crippen LogP contribution in [0.5, 0.6) is 11.5 Å². The Morgan fingerprint density at radius 2 is 1.59 bits per heavy atom. The molecule has 0 amide bonds. The van der Waals surface area contributed by atoms with E-state index in [9.17, 15) is 13.2 Å². The average Bonchev–Trinajstić information content (AvgIpc) is 3.27. The molecule has 2 heterocycles. The minimum absolute atomic E-state index is 0.0516. The molecule has 0 aliphatic carbocycles. The third-order valence-electron chi connectivity index (χ3n) is 4.90. The smallest absolute Gasteiger partial charge is 0.433 e. The summed E-state index contributed by atoms with van der Waals surface area (Å²) in [7, 11) is 0. The second-order valence-corrected chi connectivity index (χ2v) is 9.48. The van der Waals surface area contributed by atoms with E-state index in [0.29, 0.717) is 17.2 Å². The van der Waals surface area contributed by atoms with Gasteiger partial charge in [0.15, 0.2) is 5.82 Å². The number of hydrogen-bond acceptors (Lipinski definition) is 5. The fourth-order valence-corrected chi connectivity index (χ4v) is 4.27. The predicted molar refractivity (Wildman–Crippen MR) is 126 cm³/mol. The molecule has 0 N–H and O–H groups in total. The normalized spacial score (nSPS) is 11.9. The van der Waals surface area contributed by atoms with E-state index in [1.165, 1.54) is 11.3 Å². The van der Waals surface area contributed by atoms with E-state index in [1.54, 1.807) is 12.1 Å². The highest BCUT2D eigenvalue weighted by molar-refractivity contribution is 7.15. The van der Waals surface area contributed by atoms with Crippen molar-refractivity contribution in [2.24, 2.45) is 0 Å². The molecule has 0 unspecified atom stereocenters. The molecular formula is C26H23F3N2O2S. The Morgan fingerprint density at radius 3 is 2.29 bits per heavy atom. The zero-order valence-electron chi connectivity index (χ0n) is 18.7. The Morgan fingerprint density at radius 1 is 0.853 bits per heavy atom. The van der Waals surface area contributed by atoms with Crippen molar-refractivity contribution in [1.29, 1.82) is 0 Å². The molecule has 2 aromatic heterocycles. The molecule has 0 atom stereocenters. The van der Waals surface area contributed by atoms with Crippen molar-refractivity contribution < 1.29 is 22.6 Å². The molecular weight excluding hydrogens is 461 g/mol. The molecule has 8 heteroatoms. The van der Waals surface area contributed by atoms with E-state index in [4.69, 9.17) is 9.47 Å². The second-order valence-electron chi connectivity index (χ2n) is 8.31. The highest BCUT2D eigenvalue weighted by Gasteiger charge is 2.33. The SMILES string of the molecule is CC(C)(Cc1ccc(OCc2ccc(-c3nccc(C(F)(F)F)n3)s2)cc1)Oc1ccccc1. The Labute approximate surface area is 200 Å². The topological polar surface area (TPSA) is 44.2 Å². The largest absolute Gasteiger partial charge is 0.488 e. The number of nitrogens with zero attached hydrogens (tertiary/aromatic N) is 2. The summed E-state index contributed by atoms with van der Waals surface area (Å²) >= 11 is 1.30. The van der Waals surface area contributed by atoms with E-state index >= 15 is 0 Å². The van der Waals surface area contributed by atoms with Crippen molar-refractivity contribution in [3.63, 3.8) is 0 Å². The van der Waals surface area contributed by atoms with Crippen molar-refractivity contribution >= 4 is 11.3 Å². The average molecular weight is 485 g/mol. The Hall–Kier alpha value is -3.39. The summed E-state index contributed by atoms with van der Waals surface area (Å²) in [5.74, 6) is 1.59. The Balaban J connectivity index is 1.34. The molecule has 0 bridgehead atoms. The molecule has 0 aliphatic rings. The first-order chi connectivity index (χ1) is 16.2. The fourth-order valence-electron chi connectivity index (χ4n) is 3.40. The van der Waals surface area contributed by atoms with E-state index in [1.807, 2.05) is 68.4 Å². The van der Waals surface area contributed by atoms with Crippen LogP contribution in [0.2, 0.25) is 0 Å². The molecule has 0 saturated carbocycles. The lowest BCUT2D eigenvalue weighted by Gasteiger charge is -2.26. The van der Waals surface area contributed by atoms with Crippen molar-refractivity contribution in [2.75, 3.05) is 0 Å². The van der Waals surface area contributed by atoms with Gasteiger partial charge in [-0.1, -0.05) is 30.3 Å². The highest BCUT2D eigenvalue weighted by atomic mass is 32.1. The van der Waals surface area contributed by atoms with Gasteiger partial charge in [-0.15, -0.1) is 11.3 Å². The zero-order chi connectivity index (χ0) is 24.2. The van der Waals surface area contributed by atoms with Crippen LogP contribution in [-0.4, -0.2) is 15.6 Å². The molecule has 0 radical (unpaired) electrons. The van der Waals surface area contributed by atoms with Gasteiger partial charge in [-0.3, -0.25) is 0 Å². The van der Waals surface area contributed by atoms with Crippen molar-refractivity contribution in [3.8, 4) is 22.2 Å². The fraction of sp³-hybridized carbons (Fsp3) is 0.231. The van der Waals surface area contributed by atoms with Crippen LogP contribution in [0.1, 0.15) is 30.0 Å². The molecule has 0 aliphatic heterocycles. The van der Waals surface area contributed by atoms with Crippen LogP contribution in [0.15, 0.2) is 79.0 Å². The van der Waals surface area contributed by atoms with Crippen LogP contribution in [0.4, 0.5) is 13.2 Å². The Kier molecular flexibility index (Phi) is 6.88. The summed E-state index contributed by atoms with van der Waals surface area (Å²) in [6.45, 7) is 4.39. The number of halogens is 3. The van der Waals surface area contributed by atoms with Gasteiger partial charge in [0, 0.05) is 17.5 Å². The molecule has 4 nitrogen and oxygen atoms in total. The van der Waals surface area contributed by atoms with Crippen LogP contribution in [-0.2, 0) is 19.2 Å². The maximum atomic E-state index is 12.9. The summed E-state index contributed by atoms with van der Waals surface area (Å²) in [6, 6.07) is 21.9. The molecule has 0 spiro atoms. The van der Waals surface area contributed by atoms with Gasteiger partial charge in [-0.25, -0.2) is 9.97 Å². The van der Waals surface area contributed by atoms with Crippen LogP contribution in [0.3, 0.4) is 0 Å². The number of benzene rings is 2. The number of hydrogen-bond donors (Lipinski definition) is 0. The molecule has 4 aromatic rings. The van der Waals surface area contributed by atoms with Gasteiger partial charge in [0.1, 0.15) is 29.4 Å². The van der Waals surface area contributed by atoms with Gasteiger partial charge < -0.3 is 9.47 Å². The van der Waals surface area contributed by atoms with Crippen LogP contribution >= 0.6 is 11.3 Å².